The summed E-state index contributed by atoms with van der Waals surface area (Å²) in [5, 5.41) is 13.3. The number of carbonyl (C=O) groups is 1. The van der Waals surface area contributed by atoms with E-state index in [1.807, 2.05) is 54.8 Å². The summed E-state index contributed by atoms with van der Waals surface area (Å²) < 4.78 is 2.05. The predicted octanol–water partition coefficient (Wildman–Crippen LogP) is 5.95. The van der Waals surface area contributed by atoms with Gasteiger partial charge >= 0.3 is 0 Å². The molecule has 0 saturated heterocycles. The van der Waals surface area contributed by atoms with Crippen molar-refractivity contribution in [2.24, 2.45) is 0 Å². The van der Waals surface area contributed by atoms with Gasteiger partial charge in [-0.1, -0.05) is 29.3 Å². The zero-order valence-electron chi connectivity index (χ0n) is 15.3. The van der Waals surface area contributed by atoms with Crippen molar-refractivity contribution in [3.8, 4) is 11.8 Å². The van der Waals surface area contributed by atoms with Gasteiger partial charge in [0.25, 0.3) is 5.91 Å². The van der Waals surface area contributed by atoms with E-state index in [0.29, 0.717) is 15.7 Å². The lowest BCUT2D eigenvalue weighted by Crippen LogP contribution is -2.13. The lowest BCUT2D eigenvalue weighted by molar-refractivity contribution is -0.112. The normalized spacial score (nSPS) is 11.2. The van der Waals surface area contributed by atoms with Crippen LogP contribution in [-0.2, 0) is 4.79 Å². The van der Waals surface area contributed by atoms with E-state index in [0.717, 1.165) is 22.6 Å². The number of halogens is 2. The lowest BCUT2D eigenvalue weighted by Gasteiger charge is -2.09. The number of aromatic nitrogens is 1. The SMILES string of the molecule is Cc1cc(/C=C(\C#N)C(=O)Nc2cccc(Cl)c2)c(C)n1-c1ccc(Cl)cc1. The Bertz CT molecular complexity index is 1110. The molecule has 1 aromatic heterocycles. The number of hydrogen-bond donors (Lipinski definition) is 1. The van der Waals surface area contributed by atoms with Crippen molar-refractivity contribution in [1.29, 1.82) is 5.26 Å². The van der Waals surface area contributed by atoms with Gasteiger partial charge in [-0.15, -0.1) is 0 Å². The molecular weight excluding hydrogens is 393 g/mol. The molecule has 0 bridgehead atoms. The molecule has 1 amide bonds. The van der Waals surface area contributed by atoms with E-state index in [2.05, 4.69) is 5.32 Å². The highest BCUT2D eigenvalue weighted by molar-refractivity contribution is 6.31. The highest BCUT2D eigenvalue weighted by Gasteiger charge is 2.14. The number of nitriles is 1. The van der Waals surface area contributed by atoms with Gasteiger partial charge in [-0.2, -0.15) is 5.26 Å². The van der Waals surface area contributed by atoms with Crippen LogP contribution in [0.2, 0.25) is 10.0 Å². The van der Waals surface area contributed by atoms with Crippen LogP contribution in [0.1, 0.15) is 17.0 Å². The molecule has 0 fully saturated rings. The lowest BCUT2D eigenvalue weighted by atomic mass is 10.1. The van der Waals surface area contributed by atoms with Crippen molar-refractivity contribution in [2.75, 3.05) is 5.32 Å². The number of aryl methyl sites for hydroxylation is 1. The van der Waals surface area contributed by atoms with E-state index in [-0.39, 0.29) is 5.57 Å². The molecule has 140 valence electrons. The van der Waals surface area contributed by atoms with E-state index < -0.39 is 5.91 Å². The highest BCUT2D eigenvalue weighted by atomic mass is 35.5. The molecule has 0 aliphatic carbocycles. The molecule has 6 heteroatoms. The first kappa shape index (κ1) is 19.8. The maximum Gasteiger partial charge on any atom is 0.266 e. The maximum atomic E-state index is 12.5. The van der Waals surface area contributed by atoms with Crippen molar-refractivity contribution < 1.29 is 4.79 Å². The number of hydrogen-bond acceptors (Lipinski definition) is 2. The topological polar surface area (TPSA) is 57.8 Å². The molecule has 0 radical (unpaired) electrons. The highest BCUT2D eigenvalue weighted by Crippen LogP contribution is 2.24. The van der Waals surface area contributed by atoms with Gasteiger partial charge in [0.1, 0.15) is 11.6 Å². The Balaban J connectivity index is 1.93. The monoisotopic (exact) mass is 409 g/mol. The summed E-state index contributed by atoms with van der Waals surface area (Å²) in [5.41, 5.74) is 4.20. The molecule has 2 aromatic carbocycles. The summed E-state index contributed by atoms with van der Waals surface area (Å²) in [6.07, 6.45) is 1.59. The Morgan fingerprint density at radius 2 is 1.79 bits per heavy atom. The Kier molecular flexibility index (Phi) is 5.89. The van der Waals surface area contributed by atoms with Gasteiger partial charge in [0, 0.05) is 32.8 Å². The molecule has 28 heavy (non-hydrogen) atoms. The van der Waals surface area contributed by atoms with E-state index in [9.17, 15) is 10.1 Å². The van der Waals surface area contributed by atoms with Crippen LogP contribution in [0.3, 0.4) is 0 Å². The molecule has 0 aliphatic heterocycles. The fourth-order valence-electron chi connectivity index (χ4n) is 2.99. The Morgan fingerprint density at radius 1 is 1.07 bits per heavy atom. The molecular formula is C22H17Cl2N3O. The van der Waals surface area contributed by atoms with Crippen LogP contribution in [0, 0.1) is 25.2 Å². The Labute approximate surface area is 173 Å². The average Bonchev–Trinajstić information content (AvgIpc) is 2.94. The fourth-order valence-corrected chi connectivity index (χ4v) is 3.31. The first-order chi connectivity index (χ1) is 13.4. The third-order valence-electron chi connectivity index (χ3n) is 4.30. The van der Waals surface area contributed by atoms with Gasteiger partial charge < -0.3 is 9.88 Å². The van der Waals surface area contributed by atoms with Crippen LogP contribution in [0.5, 0.6) is 0 Å². The molecule has 4 nitrogen and oxygen atoms in total. The van der Waals surface area contributed by atoms with Crippen molar-refractivity contribution in [1.82, 2.24) is 4.57 Å². The standard InChI is InChI=1S/C22H17Cl2N3O/c1-14-10-16(15(2)27(14)21-8-6-18(23)7-9-21)11-17(13-25)22(28)26-20-5-3-4-19(24)12-20/h3-12H,1-2H3,(H,26,28)/b17-11+. The van der Waals surface area contributed by atoms with Crippen LogP contribution >= 0.6 is 23.2 Å². The number of amides is 1. The third-order valence-corrected chi connectivity index (χ3v) is 4.79. The number of rotatable bonds is 4. The van der Waals surface area contributed by atoms with Gasteiger partial charge in [0.15, 0.2) is 0 Å². The third kappa shape index (κ3) is 4.28. The molecule has 0 saturated carbocycles. The first-order valence-electron chi connectivity index (χ1n) is 8.52. The van der Waals surface area contributed by atoms with Crippen molar-refractivity contribution in [3.63, 3.8) is 0 Å². The molecule has 3 aromatic rings. The molecule has 0 unspecified atom stereocenters. The second-order valence-corrected chi connectivity index (χ2v) is 7.15. The zero-order chi connectivity index (χ0) is 20.3. The van der Waals surface area contributed by atoms with E-state index >= 15 is 0 Å². The number of benzene rings is 2. The van der Waals surface area contributed by atoms with Crippen LogP contribution in [0.25, 0.3) is 11.8 Å². The van der Waals surface area contributed by atoms with Crippen molar-refractivity contribution >= 4 is 40.9 Å². The van der Waals surface area contributed by atoms with Crippen LogP contribution in [0.15, 0.2) is 60.2 Å². The largest absolute Gasteiger partial charge is 0.321 e. The van der Waals surface area contributed by atoms with Crippen LogP contribution in [0.4, 0.5) is 5.69 Å². The maximum absolute atomic E-state index is 12.5. The van der Waals surface area contributed by atoms with Gasteiger partial charge in [-0.25, -0.2) is 0 Å². The number of nitrogens with zero attached hydrogens (tertiary/aromatic N) is 2. The second-order valence-electron chi connectivity index (χ2n) is 6.27. The van der Waals surface area contributed by atoms with Crippen LogP contribution < -0.4 is 5.32 Å². The average molecular weight is 410 g/mol. The van der Waals surface area contributed by atoms with E-state index in [1.165, 1.54) is 0 Å². The minimum absolute atomic E-state index is 0.0105. The second kappa shape index (κ2) is 8.35. The summed E-state index contributed by atoms with van der Waals surface area (Å²) in [5.74, 6) is -0.485. The van der Waals surface area contributed by atoms with Crippen molar-refractivity contribution in [2.45, 2.75) is 13.8 Å². The van der Waals surface area contributed by atoms with Gasteiger partial charge in [0.05, 0.1) is 0 Å². The number of carbonyl (C=O) groups excluding carboxylic acids is 1. The first-order valence-corrected chi connectivity index (χ1v) is 9.28. The zero-order valence-corrected chi connectivity index (χ0v) is 16.8. The Morgan fingerprint density at radius 3 is 2.43 bits per heavy atom. The van der Waals surface area contributed by atoms with Gasteiger partial charge in [-0.05, 0) is 74.0 Å². The van der Waals surface area contributed by atoms with E-state index in [1.54, 1.807) is 30.3 Å². The predicted molar refractivity (Wildman–Crippen MR) is 114 cm³/mol. The fraction of sp³-hybridized carbons (Fsp3) is 0.0909. The van der Waals surface area contributed by atoms with Crippen molar-refractivity contribution in [3.05, 3.63) is 87.2 Å². The van der Waals surface area contributed by atoms with E-state index in [4.69, 9.17) is 23.2 Å². The summed E-state index contributed by atoms with van der Waals surface area (Å²) in [7, 11) is 0. The molecule has 1 N–H and O–H groups in total. The minimum atomic E-state index is -0.485. The number of nitrogens with one attached hydrogen (secondary N) is 1. The number of anilines is 1. The quantitative estimate of drug-likeness (QED) is 0.427. The smallest absolute Gasteiger partial charge is 0.266 e. The summed E-state index contributed by atoms with van der Waals surface area (Å²) in [6.45, 7) is 3.91. The summed E-state index contributed by atoms with van der Waals surface area (Å²) in [6, 6.07) is 18.2. The Hall–Kier alpha value is -3.00. The van der Waals surface area contributed by atoms with Gasteiger partial charge in [-0.3, -0.25) is 4.79 Å². The molecule has 1 heterocycles. The molecule has 0 atom stereocenters. The minimum Gasteiger partial charge on any atom is -0.321 e. The molecule has 3 rings (SSSR count). The summed E-state index contributed by atoms with van der Waals surface area (Å²) in [4.78, 5) is 12.5. The molecule has 0 spiro atoms. The molecule has 0 aliphatic rings. The summed E-state index contributed by atoms with van der Waals surface area (Å²) >= 11 is 11.9. The van der Waals surface area contributed by atoms with Gasteiger partial charge in [0.2, 0.25) is 0 Å². The van der Waals surface area contributed by atoms with Crippen LogP contribution in [-0.4, -0.2) is 10.5 Å².